The standard InChI is InChI=1S/C66H85N9O17S/c1-37(2)55(70-62(81)66(8,9)91-26-23-65(6,7)72-93(84,85)71-63(82)92-56-44-17-14-12-13-15-18-45(44)56)58(77)68-40(5)57(76)69-42-21-19-41(20-22-42)36-90-64(83)75-49-32-54(52(87-11)30-47(49)60(79)74-35-39(4)28-50(74)61(75)80)89-25-16-24-88-53-31-48-46(29-51(53)86-10)59(78)73-34-38(3)27-43(73)33-67-48/h12-13,19-22,29-33,37,40,43-45,50,55-56,61,72,80H,3-4,14-18,23-28,34-36H2,1-2,5-11H3,(H,68,77)(H,69,76)(H,70,81)(H,71,82)/b13-12-/t40?,43-,44?,45?,50?,55-,56?,61?/m0/s1. The maximum Gasteiger partial charge on any atom is 0.422 e. The van der Waals surface area contributed by atoms with Gasteiger partial charge in [0, 0.05) is 67.5 Å². The van der Waals surface area contributed by atoms with Crippen molar-refractivity contribution in [1.82, 2.24) is 29.9 Å². The molecule has 0 radical (unpaired) electrons. The number of anilines is 2. The molecule has 5 unspecified atom stereocenters. The van der Waals surface area contributed by atoms with E-state index in [1.54, 1.807) is 75.2 Å². The van der Waals surface area contributed by atoms with E-state index >= 15 is 0 Å². The number of rotatable bonds is 25. The molecule has 27 heteroatoms. The average molecular weight is 1310 g/mol. The number of aliphatic hydroxyl groups excluding tert-OH is 1. The summed E-state index contributed by atoms with van der Waals surface area (Å²) in [5.41, 5.74) is 0.753. The highest BCUT2D eigenvalue weighted by atomic mass is 32.2. The quantitative estimate of drug-likeness (QED) is 0.0363. The highest BCUT2D eigenvalue weighted by Gasteiger charge is 2.52. The number of benzene rings is 3. The molecule has 7 amide bonds. The van der Waals surface area contributed by atoms with Gasteiger partial charge in [0.15, 0.2) is 29.2 Å². The Morgan fingerprint density at radius 2 is 1.39 bits per heavy atom. The number of aliphatic hydroxyl groups is 1. The Bertz CT molecular complexity index is 3560. The van der Waals surface area contributed by atoms with Crippen LogP contribution in [0.2, 0.25) is 0 Å². The Kier molecular flexibility index (Phi) is 21.3. The van der Waals surface area contributed by atoms with Gasteiger partial charge in [0.05, 0.1) is 62.0 Å². The Hall–Kier alpha value is -8.53. The van der Waals surface area contributed by atoms with E-state index in [0.29, 0.717) is 59.0 Å². The number of carbonyl (C=O) groups is 7. The highest BCUT2D eigenvalue weighted by molar-refractivity contribution is 7.88. The molecule has 4 heterocycles. The molecule has 3 fully saturated rings. The first kappa shape index (κ1) is 68.8. The molecule has 4 aliphatic heterocycles. The summed E-state index contributed by atoms with van der Waals surface area (Å²) >= 11 is 0. The molecule has 502 valence electrons. The van der Waals surface area contributed by atoms with Gasteiger partial charge < -0.3 is 64.0 Å². The summed E-state index contributed by atoms with van der Waals surface area (Å²) in [6.07, 6.45) is 6.83. The monoisotopic (exact) mass is 1310 g/mol. The number of allylic oxidation sites excluding steroid dienone is 2. The Labute approximate surface area is 541 Å². The van der Waals surface area contributed by atoms with Crippen molar-refractivity contribution in [3.63, 3.8) is 0 Å². The average Bonchev–Trinajstić information content (AvgIpc) is 1.65. The largest absolute Gasteiger partial charge is 0.493 e. The number of amides is 7. The van der Waals surface area contributed by atoms with Crippen molar-refractivity contribution in [1.29, 1.82) is 0 Å². The van der Waals surface area contributed by atoms with Crippen LogP contribution in [-0.2, 0) is 45.4 Å². The second kappa shape index (κ2) is 28.8. The molecule has 9 rings (SSSR count). The van der Waals surface area contributed by atoms with E-state index in [9.17, 15) is 47.1 Å². The number of nitrogens with one attached hydrogen (secondary N) is 5. The molecule has 6 aliphatic rings. The van der Waals surface area contributed by atoms with Crippen LogP contribution in [0.1, 0.15) is 126 Å². The SMILES string of the molecule is C=C1CC2C(O)N(C(=O)OCc3ccc(NC(=O)C(C)NC(=O)[C@@H](NC(=O)C(C)(C)OCCC(C)(C)NS(=O)(=O)NC(=O)OC4C5CC/C=C\CCC54)C(C)C)cc3)c3cc(OCCCOc4cc5c(cc4OC)C(=O)N4CC(=C)C[C@H]4C=N5)c(OC)cc3C(=O)N2C1. The van der Waals surface area contributed by atoms with Crippen LogP contribution in [0.25, 0.3) is 0 Å². The van der Waals surface area contributed by atoms with E-state index < -0.39 is 87.4 Å². The minimum atomic E-state index is -4.34. The van der Waals surface area contributed by atoms with E-state index in [1.165, 1.54) is 52.0 Å². The van der Waals surface area contributed by atoms with Crippen molar-refractivity contribution >= 4 is 75.2 Å². The second-order valence-electron chi connectivity index (χ2n) is 25.8. The second-order valence-corrected chi connectivity index (χ2v) is 27.2. The first-order chi connectivity index (χ1) is 44.1. The molecule has 3 aromatic rings. The summed E-state index contributed by atoms with van der Waals surface area (Å²) in [5, 5.41) is 20.1. The molecular formula is C66H85N9O17S. The first-order valence-corrected chi connectivity index (χ1v) is 32.7. The third-order valence-electron chi connectivity index (χ3n) is 17.3. The first-order valence-electron chi connectivity index (χ1n) is 31.2. The number of ether oxygens (including phenoxy) is 7. The lowest BCUT2D eigenvalue weighted by atomic mass is 10.00. The van der Waals surface area contributed by atoms with Gasteiger partial charge in [0.1, 0.15) is 30.4 Å². The molecule has 0 aromatic heterocycles. The lowest BCUT2D eigenvalue weighted by Gasteiger charge is -2.31. The van der Waals surface area contributed by atoms with E-state index in [-0.39, 0.29) is 98.5 Å². The molecule has 93 heavy (non-hydrogen) atoms. The number of hydrogen-bond acceptors (Lipinski definition) is 18. The van der Waals surface area contributed by atoms with E-state index in [2.05, 4.69) is 51.0 Å². The van der Waals surface area contributed by atoms with Gasteiger partial charge >= 0.3 is 22.4 Å². The third-order valence-corrected chi connectivity index (χ3v) is 18.6. The fourth-order valence-corrected chi connectivity index (χ4v) is 13.2. The van der Waals surface area contributed by atoms with Gasteiger partial charge in [-0.15, -0.1) is 0 Å². The maximum atomic E-state index is 14.3. The molecule has 3 aromatic carbocycles. The van der Waals surface area contributed by atoms with Gasteiger partial charge in [0.25, 0.3) is 17.7 Å². The molecule has 0 spiro atoms. The lowest BCUT2D eigenvalue weighted by Crippen LogP contribution is -2.57. The lowest BCUT2D eigenvalue weighted by molar-refractivity contribution is -0.146. The molecule has 2 saturated heterocycles. The zero-order chi connectivity index (χ0) is 67.3. The molecule has 1 saturated carbocycles. The predicted molar refractivity (Wildman–Crippen MR) is 344 cm³/mol. The zero-order valence-electron chi connectivity index (χ0n) is 54.0. The number of nitrogens with zero attached hydrogens (tertiary/aromatic N) is 4. The predicted octanol–water partition coefficient (Wildman–Crippen LogP) is 7.14. The Morgan fingerprint density at radius 1 is 0.774 bits per heavy atom. The van der Waals surface area contributed by atoms with Gasteiger partial charge in [0.2, 0.25) is 11.8 Å². The van der Waals surface area contributed by atoms with Crippen molar-refractivity contribution in [2.24, 2.45) is 22.7 Å². The number of fused-ring (bicyclic) bond motifs is 5. The van der Waals surface area contributed by atoms with Crippen LogP contribution in [0.5, 0.6) is 23.0 Å². The summed E-state index contributed by atoms with van der Waals surface area (Å²) in [4.78, 5) is 104. The van der Waals surface area contributed by atoms with Crippen molar-refractivity contribution in [3.8, 4) is 23.0 Å². The fraction of sp³-hybridized carbons (Fsp3) is 0.515. The Morgan fingerprint density at radius 3 is 2.03 bits per heavy atom. The summed E-state index contributed by atoms with van der Waals surface area (Å²) in [6, 6.07) is 9.31. The van der Waals surface area contributed by atoms with Gasteiger partial charge in [-0.3, -0.25) is 29.0 Å². The molecule has 26 nitrogen and oxygen atoms in total. The highest BCUT2D eigenvalue weighted by Crippen LogP contribution is 2.49. The number of aliphatic imine (C=N–C) groups is 1. The minimum absolute atomic E-state index is 0.0151. The maximum absolute atomic E-state index is 14.3. The normalized spacial score (nSPS) is 21.8. The molecular weight excluding hydrogens is 1220 g/mol. The smallest absolute Gasteiger partial charge is 0.422 e. The fourth-order valence-electron chi connectivity index (χ4n) is 12.1. The van der Waals surface area contributed by atoms with Crippen LogP contribution in [0, 0.1) is 17.8 Å². The summed E-state index contributed by atoms with van der Waals surface area (Å²) in [5.74, 6) is -1.43. The van der Waals surface area contributed by atoms with Crippen LogP contribution >= 0.6 is 0 Å². The van der Waals surface area contributed by atoms with E-state index in [0.717, 1.165) is 36.2 Å². The van der Waals surface area contributed by atoms with Crippen molar-refractivity contribution in [2.45, 2.75) is 154 Å². The molecule has 2 aliphatic carbocycles. The number of hydrogen-bond donors (Lipinski definition) is 6. The van der Waals surface area contributed by atoms with Gasteiger partial charge in [-0.2, -0.15) is 13.1 Å². The van der Waals surface area contributed by atoms with Gasteiger partial charge in [-0.25, -0.2) is 19.2 Å². The van der Waals surface area contributed by atoms with Crippen LogP contribution in [0.4, 0.5) is 26.7 Å². The van der Waals surface area contributed by atoms with Crippen LogP contribution < -0.4 is 49.2 Å². The van der Waals surface area contributed by atoms with Crippen molar-refractivity contribution in [3.05, 3.63) is 102 Å². The Balaban J connectivity index is 0.752. The van der Waals surface area contributed by atoms with E-state index in [1.807, 2.05) is 4.72 Å². The third kappa shape index (κ3) is 16.5. The molecule has 7 atom stereocenters. The minimum Gasteiger partial charge on any atom is -0.493 e. The van der Waals surface area contributed by atoms with Crippen molar-refractivity contribution in [2.75, 3.05) is 57.3 Å². The summed E-state index contributed by atoms with van der Waals surface area (Å²) in [7, 11) is -1.44. The molecule has 0 bridgehead atoms. The van der Waals surface area contributed by atoms with Crippen LogP contribution in [-0.4, -0.2) is 166 Å². The van der Waals surface area contributed by atoms with Crippen LogP contribution in [0.15, 0.2) is 90.0 Å². The van der Waals surface area contributed by atoms with Crippen LogP contribution in [0.3, 0.4) is 0 Å². The zero-order valence-corrected chi connectivity index (χ0v) is 54.9. The topological polar surface area (TPSA) is 321 Å². The van der Waals surface area contributed by atoms with Gasteiger partial charge in [-0.1, -0.05) is 62.4 Å². The van der Waals surface area contributed by atoms with Gasteiger partial charge in [-0.05, 0) is 115 Å². The number of carbonyl (C=O) groups excluding carboxylic acids is 7. The van der Waals surface area contributed by atoms with E-state index in [4.69, 9.17) is 33.2 Å². The summed E-state index contributed by atoms with van der Waals surface area (Å²) in [6.45, 7) is 19.6. The summed E-state index contributed by atoms with van der Waals surface area (Å²) < 4.78 is 71.1. The number of methoxy groups -OCH3 is 2. The van der Waals surface area contributed by atoms with Crippen molar-refractivity contribution < 1.29 is 80.2 Å². The molecule has 6 N–H and O–H groups in total.